The van der Waals surface area contributed by atoms with E-state index in [2.05, 4.69) is 22.5 Å². The fourth-order valence-corrected chi connectivity index (χ4v) is 4.68. The highest BCUT2D eigenvalue weighted by atomic mass is 32.1. The Morgan fingerprint density at radius 1 is 1.14 bits per heavy atom. The molecule has 0 spiro atoms. The van der Waals surface area contributed by atoms with Crippen LogP contribution in [0.2, 0.25) is 0 Å². The van der Waals surface area contributed by atoms with Crippen LogP contribution in [-0.2, 0) is 11.2 Å². The van der Waals surface area contributed by atoms with Crippen molar-refractivity contribution in [3.8, 4) is 0 Å². The summed E-state index contributed by atoms with van der Waals surface area (Å²) < 4.78 is 3.27. The lowest BCUT2D eigenvalue weighted by Gasteiger charge is -2.15. The van der Waals surface area contributed by atoms with Gasteiger partial charge in [0.2, 0.25) is 5.91 Å². The third kappa shape index (κ3) is 3.80. The number of rotatable bonds is 6. The first-order chi connectivity index (χ1) is 14.1. The summed E-state index contributed by atoms with van der Waals surface area (Å²) in [5.41, 5.74) is 1.80. The van der Waals surface area contributed by atoms with Crippen LogP contribution in [0.15, 0.2) is 59.4 Å². The summed E-state index contributed by atoms with van der Waals surface area (Å²) in [6.07, 6.45) is 1.75. The molecule has 0 radical (unpaired) electrons. The lowest BCUT2D eigenvalue weighted by Crippen LogP contribution is -2.37. The van der Waals surface area contributed by atoms with Crippen LogP contribution in [0.3, 0.4) is 0 Å². The zero-order valence-electron chi connectivity index (χ0n) is 16.5. The Bertz CT molecular complexity index is 1230. The fourth-order valence-electron chi connectivity index (χ4n) is 3.55. The van der Waals surface area contributed by atoms with Crippen molar-refractivity contribution in [1.82, 2.24) is 15.1 Å². The molecule has 2 aromatic carbocycles. The van der Waals surface area contributed by atoms with Gasteiger partial charge in [0.05, 0.1) is 15.8 Å². The Labute approximate surface area is 173 Å². The molecule has 2 heterocycles. The van der Waals surface area contributed by atoms with Gasteiger partial charge < -0.3 is 5.32 Å². The molecule has 2 aromatic heterocycles. The van der Waals surface area contributed by atoms with E-state index in [1.54, 1.807) is 18.3 Å². The molecule has 148 valence electrons. The topological polar surface area (TPSA) is 64.0 Å². The summed E-state index contributed by atoms with van der Waals surface area (Å²) in [5, 5.41) is 8.97. The van der Waals surface area contributed by atoms with Gasteiger partial charge in [0.1, 0.15) is 6.04 Å². The zero-order valence-corrected chi connectivity index (χ0v) is 17.3. The van der Waals surface area contributed by atoms with Gasteiger partial charge in [0.25, 0.3) is 5.56 Å². The Morgan fingerprint density at radius 2 is 1.86 bits per heavy atom. The summed E-state index contributed by atoms with van der Waals surface area (Å²) in [4.78, 5) is 25.8. The number of hydrogen-bond donors (Lipinski definition) is 1. The number of carbonyl (C=O) groups is 1. The Hall–Kier alpha value is -2.99. The van der Waals surface area contributed by atoms with E-state index in [-0.39, 0.29) is 11.5 Å². The number of nitrogens with zero attached hydrogens (tertiary/aromatic N) is 2. The quantitative estimate of drug-likeness (QED) is 0.488. The van der Waals surface area contributed by atoms with Crippen LogP contribution < -0.4 is 10.9 Å². The molecule has 4 rings (SSSR count). The Morgan fingerprint density at radius 3 is 2.66 bits per heavy atom. The third-order valence-electron chi connectivity index (χ3n) is 5.13. The summed E-state index contributed by atoms with van der Waals surface area (Å²) in [7, 11) is 0. The Kier molecular flexibility index (Phi) is 5.45. The number of hydrogen-bond acceptors (Lipinski definition) is 4. The average molecular weight is 406 g/mol. The standard InChI is InChI=1S/C23H23N3O2S/c1-15-21-20(18-12-6-7-13-19(18)29-21)23(28)26(25-15)16(2)22(27)24-14-8-11-17-9-4-3-5-10-17/h3-7,9-10,12-13,16H,8,11,14H2,1-2H3,(H,24,27)/t16-/m1/s1. The van der Waals surface area contributed by atoms with Crippen LogP contribution in [-0.4, -0.2) is 22.2 Å². The van der Waals surface area contributed by atoms with Crippen LogP contribution in [0.5, 0.6) is 0 Å². The number of benzene rings is 2. The van der Waals surface area contributed by atoms with Crippen molar-refractivity contribution in [2.24, 2.45) is 0 Å². The smallest absolute Gasteiger partial charge is 0.276 e. The minimum atomic E-state index is -0.666. The molecule has 0 saturated carbocycles. The van der Waals surface area contributed by atoms with Gasteiger partial charge in [-0.2, -0.15) is 5.10 Å². The van der Waals surface area contributed by atoms with Crippen molar-refractivity contribution in [2.45, 2.75) is 32.7 Å². The van der Waals surface area contributed by atoms with E-state index in [9.17, 15) is 9.59 Å². The van der Waals surface area contributed by atoms with Gasteiger partial charge in [-0.05, 0) is 38.3 Å². The van der Waals surface area contributed by atoms with Gasteiger partial charge in [-0.15, -0.1) is 11.3 Å². The van der Waals surface area contributed by atoms with Crippen molar-refractivity contribution < 1.29 is 4.79 Å². The lowest BCUT2D eigenvalue weighted by molar-refractivity contribution is -0.124. The number of amides is 1. The normalized spacial score (nSPS) is 12.3. The van der Waals surface area contributed by atoms with E-state index in [4.69, 9.17) is 0 Å². The molecule has 0 fully saturated rings. The molecule has 0 aliphatic carbocycles. The number of thiophene rings is 1. The molecule has 1 amide bonds. The van der Waals surface area contributed by atoms with E-state index in [0.717, 1.165) is 33.3 Å². The number of aryl methyl sites for hydroxylation is 2. The predicted octanol–water partition coefficient (Wildman–Crippen LogP) is 4.23. The van der Waals surface area contributed by atoms with E-state index in [1.165, 1.54) is 10.2 Å². The summed E-state index contributed by atoms with van der Waals surface area (Å²) in [6.45, 7) is 4.17. The number of aromatic nitrogens is 2. The first-order valence-corrected chi connectivity index (χ1v) is 10.6. The van der Waals surface area contributed by atoms with Crippen molar-refractivity contribution in [2.75, 3.05) is 6.54 Å². The highest BCUT2D eigenvalue weighted by Gasteiger charge is 2.21. The highest BCUT2D eigenvalue weighted by Crippen LogP contribution is 2.32. The summed E-state index contributed by atoms with van der Waals surface area (Å²) in [5.74, 6) is -0.189. The number of fused-ring (bicyclic) bond motifs is 3. The van der Waals surface area contributed by atoms with Crippen LogP contribution in [0, 0.1) is 6.92 Å². The molecular weight excluding hydrogens is 382 g/mol. The minimum absolute atomic E-state index is 0.189. The minimum Gasteiger partial charge on any atom is -0.354 e. The highest BCUT2D eigenvalue weighted by molar-refractivity contribution is 7.26. The van der Waals surface area contributed by atoms with Gasteiger partial charge in [0, 0.05) is 16.6 Å². The fraction of sp³-hybridized carbons (Fsp3) is 0.261. The molecule has 0 aliphatic heterocycles. The van der Waals surface area contributed by atoms with Crippen molar-refractivity contribution >= 4 is 37.4 Å². The van der Waals surface area contributed by atoms with Crippen LogP contribution in [0.4, 0.5) is 0 Å². The lowest BCUT2D eigenvalue weighted by atomic mass is 10.1. The average Bonchev–Trinajstić information content (AvgIpc) is 3.14. The molecule has 1 N–H and O–H groups in total. The van der Waals surface area contributed by atoms with E-state index in [0.29, 0.717) is 11.9 Å². The second kappa shape index (κ2) is 8.17. The molecule has 0 bridgehead atoms. The number of nitrogens with one attached hydrogen (secondary N) is 1. The van der Waals surface area contributed by atoms with Gasteiger partial charge in [0.15, 0.2) is 0 Å². The molecule has 4 aromatic rings. The van der Waals surface area contributed by atoms with Gasteiger partial charge in [-0.25, -0.2) is 4.68 Å². The molecule has 5 nitrogen and oxygen atoms in total. The molecule has 0 saturated heterocycles. The number of carbonyl (C=O) groups excluding carboxylic acids is 1. The van der Waals surface area contributed by atoms with Crippen molar-refractivity contribution in [3.63, 3.8) is 0 Å². The zero-order chi connectivity index (χ0) is 20.4. The molecule has 29 heavy (non-hydrogen) atoms. The van der Waals surface area contributed by atoms with Crippen molar-refractivity contribution in [3.05, 3.63) is 76.2 Å². The van der Waals surface area contributed by atoms with Crippen LogP contribution in [0.25, 0.3) is 20.2 Å². The van der Waals surface area contributed by atoms with Crippen LogP contribution in [0.1, 0.15) is 30.6 Å². The maximum atomic E-state index is 13.1. The van der Waals surface area contributed by atoms with Gasteiger partial charge in [-0.3, -0.25) is 9.59 Å². The molecular formula is C23H23N3O2S. The molecule has 1 atom stereocenters. The SMILES string of the molecule is Cc1nn([C@H](C)C(=O)NCCCc2ccccc2)c(=O)c2c1sc1ccccc12. The summed E-state index contributed by atoms with van der Waals surface area (Å²) in [6, 6.07) is 17.4. The molecule has 0 unspecified atom stereocenters. The molecule has 0 aliphatic rings. The summed E-state index contributed by atoms with van der Waals surface area (Å²) >= 11 is 1.57. The van der Waals surface area contributed by atoms with Crippen molar-refractivity contribution in [1.29, 1.82) is 0 Å². The first-order valence-electron chi connectivity index (χ1n) is 9.78. The largest absolute Gasteiger partial charge is 0.354 e. The Balaban J connectivity index is 1.52. The monoisotopic (exact) mass is 405 g/mol. The first kappa shape index (κ1) is 19.3. The second-order valence-electron chi connectivity index (χ2n) is 7.19. The van der Waals surface area contributed by atoms with E-state index >= 15 is 0 Å². The maximum Gasteiger partial charge on any atom is 0.276 e. The second-order valence-corrected chi connectivity index (χ2v) is 8.25. The maximum absolute atomic E-state index is 13.1. The van der Waals surface area contributed by atoms with Gasteiger partial charge in [-0.1, -0.05) is 48.5 Å². The predicted molar refractivity (Wildman–Crippen MR) is 119 cm³/mol. The van der Waals surface area contributed by atoms with E-state index in [1.807, 2.05) is 49.4 Å². The van der Waals surface area contributed by atoms with Crippen LogP contribution >= 0.6 is 11.3 Å². The third-order valence-corrected chi connectivity index (χ3v) is 6.41. The van der Waals surface area contributed by atoms with Gasteiger partial charge >= 0.3 is 0 Å². The van der Waals surface area contributed by atoms with E-state index < -0.39 is 6.04 Å². The molecule has 6 heteroatoms.